The van der Waals surface area contributed by atoms with Gasteiger partial charge in [-0.15, -0.1) is 0 Å². The highest BCUT2D eigenvalue weighted by Crippen LogP contribution is 2.44. The van der Waals surface area contributed by atoms with Gasteiger partial charge in [0.05, 0.1) is 18.8 Å². The number of phenolic OH excluding ortho intramolecular Hbond substituents is 3. The quantitative estimate of drug-likeness (QED) is 0.147. The van der Waals surface area contributed by atoms with E-state index in [0.717, 1.165) is 12.1 Å². The van der Waals surface area contributed by atoms with Crippen LogP contribution in [0.4, 0.5) is 0 Å². The van der Waals surface area contributed by atoms with E-state index in [4.69, 9.17) is 18.6 Å². The first-order valence-electron chi connectivity index (χ1n) is 12.9. The number of hydrogen-bond acceptors (Lipinski definition) is 15. The average molecular weight is 595 g/mol. The zero-order valence-electron chi connectivity index (χ0n) is 21.7. The molecule has 2 fully saturated rings. The molecule has 228 valence electrons. The van der Waals surface area contributed by atoms with Crippen LogP contribution in [0.2, 0.25) is 0 Å². The van der Waals surface area contributed by atoms with Crippen LogP contribution in [0.3, 0.4) is 0 Å². The van der Waals surface area contributed by atoms with Gasteiger partial charge in [-0.05, 0) is 24.3 Å². The van der Waals surface area contributed by atoms with Crippen LogP contribution in [-0.4, -0.2) is 119 Å². The number of aromatic hydroxyl groups is 3. The van der Waals surface area contributed by atoms with Gasteiger partial charge in [0, 0.05) is 17.7 Å². The molecule has 0 saturated carbocycles. The molecule has 0 spiro atoms. The molecular weight excluding hydrogens is 564 g/mol. The first kappa shape index (κ1) is 30.1. The summed E-state index contributed by atoms with van der Waals surface area (Å²) in [5.74, 6) is -1.42. The maximum absolute atomic E-state index is 13.0. The predicted octanol–water partition coefficient (Wildman–Crippen LogP) is -2.08. The van der Waals surface area contributed by atoms with Gasteiger partial charge < -0.3 is 69.7 Å². The third-order valence-corrected chi connectivity index (χ3v) is 7.44. The minimum absolute atomic E-state index is 0.0351. The average Bonchev–Trinajstić information content (AvgIpc) is 2.96. The number of aliphatic hydroxyl groups excluding tert-OH is 7. The number of benzene rings is 2. The zero-order valence-corrected chi connectivity index (χ0v) is 21.7. The van der Waals surface area contributed by atoms with Crippen molar-refractivity contribution in [1.82, 2.24) is 0 Å². The van der Waals surface area contributed by atoms with Gasteiger partial charge >= 0.3 is 0 Å². The SMILES string of the molecule is O=c1cc(-c2ccc(O)cc2)oc2c([C@H]3O[C@H](CO)[C@@H](O[C@@H]4O[C@H](CO)[C@@H](O)[C@H](O)[C@H]4O)[C@H](O)[C@H]3O)c(O)cc(O)c12. The number of ether oxygens (including phenoxy) is 3. The summed E-state index contributed by atoms with van der Waals surface area (Å²) in [6.45, 7) is -1.60. The van der Waals surface area contributed by atoms with Crippen LogP contribution in [-0.2, 0) is 14.2 Å². The second-order valence-electron chi connectivity index (χ2n) is 10.1. The van der Waals surface area contributed by atoms with Crippen molar-refractivity contribution in [2.75, 3.05) is 13.2 Å². The molecular formula is C27H30O15. The smallest absolute Gasteiger partial charge is 0.197 e. The lowest BCUT2D eigenvalue weighted by Gasteiger charge is -2.46. The van der Waals surface area contributed by atoms with Gasteiger partial charge in [-0.2, -0.15) is 0 Å². The molecule has 2 saturated heterocycles. The predicted molar refractivity (Wildman–Crippen MR) is 138 cm³/mol. The molecule has 3 aromatic rings. The summed E-state index contributed by atoms with van der Waals surface area (Å²) in [6, 6.07) is 7.46. The number of aliphatic hydroxyl groups is 7. The van der Waals surface area contributed by atoms with Crippen LogP contribution in [0.5, 0.6) is 17.2 Å². The van der Waals surface area contributed by atoms with Crippen LogP contribution < -0.4 is 5.43 Å². The molecule has 1 aromatic heterocycles. The highest BCUT2D eigenvalue weighted by Gasteiger charge is 2.51. The largest absolute Gasteiger partial charge is 0.508 e. The van der Waals surface area contributed by atoms with Crippen molar-refractivity contribution >= 4 is 11.0 Å². The number of fused-ring (bicyclic) bond motifs is 1. The van der Waals surface area contributed by atoms with Crippen molar-refractivity contribution in [1.29, 1.82) is 0 Å². The van der Waals surface area contributed by atoms with Gasteiger partial charge in [0.15, 0.2) is 17.3 Å². The molecule has 2 aromatic carbocycles. The van der Waals surface area contributed by atoms with Crippen molar-refractivity contribution in [3.05, 3.63) is 52.2 Å². The summed E-state index contributed by atoms with van der Waals surface area (Å²) < 4.78 is 22.5. The van der Waals surface area contributed by atoms with E-state index in [1.54, 1.807) is 0 Å². The van der Waals surface area contributed by atoms with Crippen molar-refractivity contribution in [3.8, 4) is 28.6 Å². The van der Waals surface area contributed by atoms with Gasteiger partial charge in [0.1, 0.15) is 83.3 Å². The molecule has 0 amide bonds. The fraction of sp³-hybridized carbons (Fsp3) is 0.444. The molecule has 3 heterocycles. The third-order valence-electron chi connectivity index (χ3n) is 7.44. The molecule has 0 bridgehead atoms. The molecule has 0 aliphatic carbocycles. The van der Waals surface area contributed by atoms with Crippen molar-refractivity contribution in [2.24, 2.45) is 0 Å². The van der Waals surface area contributed by atoms with Gasteiger partial charge in [-0.3, -0.25) is 4.79 Å². The van der Waals surface area contributed by atoms with E-state index in [9.17, 15) is 55.9 Å². The van der Waals surface area contributed by atoms with Crippen LogP contribution in [0.1, 0.15) is 11.7 Å². The molecule has 0 radical (unpaired) electrons. The van der Waals surface area contributed by atoms with E-state index >= 15 is 0 Å². The zero-order chi connectivity index (χ0) is 30.5. The first-order chi connectivity index (χ1) is 20.0. The summed E-state index contributed by atoms with van der Waals surface area (Å²) in [6.07, 6.45) is -17.1. The van der Waals surface area contributed by atoms with E-state index in [1.807, 2.05) is 0 Å². The van der Waals surface area contributed by atoms with Gasteiger partial charge in [-0.25, -0.2) is 0 Å². The third kappa shape index (κ3) is 5.20. The topological polar surface area (TPSA) is 260 Å². The van der Waals surface area contributed by atoms with Crippen LogP contribution in [0.15, 0.2) is 45.6 Å². The lowest BCUT2D eigenvalue weighted by molar-refractivity contribution is -0.342. The molecule has 10 N–H and O–H groups in total. The molecule has 2 aliphatic rings. The van der Waals surface area contributed by atoms with Crippen molar-refractivity contribution in [2.45, 2.75) is 61.2 Å². The fourth-order valence-corrected chi connectivity index (χ4v) is 5.19. The van der Waals surface area contributed by atoms with Crippen LogP contribution in [0.25, 0.3) is 22.3 Å². The summed E-state index contributed by atoms with van der Waals surface area (Å²) in [5, 5.41) is 103. The minimum Gasteiger partial charge on any atom is -0.508 e. The monoisotopic (exact) mass is 594 g/mol. The molecule has 10 atom stereocenters. The Kier molecular flexibility index (Phi) is 8.41. The molecule has 5 rings (SSSR count). The van der Waals surface area contributed by atoms with E-state index in [-0.39, 0.29) is 22.5 Å². The van der Waals surface area contributed by atoms with E-state index in [2.05, 4.69) is 0 Å². The highest BCUT2D eigenvalue weighted by atomic mass is 16.7. The van der Waals surface area contributed by atoms with Gasteiger partial charge in [0.2, 0.25) is 0 Å². The second kappa shape index (κ2) is 11.7. The summed E-state index contributed by atoms with van der Waals surface area (Å²) >= 11 is 0. The van der Waals surface area contributed by atoms with E-state index in [1.165, 1.54) is 24.3 Å². The Morgan fingerprint density at radius 1 is 0.738 bits per heavy atom. The summed E-state index contributed by atoms with van der Waals surface area (Å²) in [7, 11) is 0. The van der Waals surface area contributed by atoms with Crippen molar-refractivity contribution < 1.29 is 69.7 Å². The van der Waals surface area contributed by atoms with Crippen LogP contribution >= 0.6 is 0 Å². The lowest BCUT2D eigenvalue weighted by Crippen LogP contribution is -2.63. The molecule has 42 heavy (non-hydrogen) atoms. The van der Waals surface area contributed by atoms with E-state index < -0.39 is 97.0 Å². The first-order valence-corrected chi connectivity index (χ1v) is 12.9. The Morgan fingerprint density at radius 3 is 2.05 bits per heavy atom. The fourth-order valence-electron chi connectivity index (χ4n) is 5.19. The van der Waals surface area contributed by atoms with Gasteiger partial charge in [-0.1, -0.05) is 0 Å². The summed E-state index contributed by atoms with van der Waals surface area (Å²) in [5.41, 5.74) is -1.14. The Balaban J connectivity index is 1.53. The maximum atomic E-state index is 13.0. The van der Waals surface area contributed by atoms with Gasteiger partial charge in [0.25, 0.3) is 0 Å². The highest BCUT2D eigenvalue weighted by molar-refractivity contribution is 5.89. The number of phenols is 3. The molecule has 0 unspecified atom stereocenters. The summed E-state index contributed by atoms with van der Waals surface area (Å²) in [4.78, 5) is 13.0. The maximum Gasteiger partial charge on any atom is 0.197 e. The van der Waals surface area contributed by atoms with Crippen LogP contribution in [0, 0.1) is 0 Å². The van der Waals surface area contributed by atoms with Crippen molar-refractivity contribution in [3.63, 3.8) is 0 Å². The normalized spacial score (nSPS) is 33.6. The number of hydrogen-bond donors (Lipinski definition) is 10. The molecule has 15 heteroatoms. The Morgan fingerprint density at radius 2 is 1.40 bits per heavy atom. The Labute approximate surface area is 236 Å². The lowest BCUT2D eigenvalue weighted by atomic mass is 9.89. The minimum atomic E-state index is -1.94. The Bertz CT molecular complexity index is 1470. The van der Waals surface area contributed by atoms with E-state index in [0.29, 0.717) is 5.56 Å². The Hall–Kier alpha value is -3.35. The second-order valence-corrected chi connectivity index (χ2v) is 10.1. The molecule has 2 aliphatic heterocycles. The standard InChI is InChI=1S/C27H30O15/c28-7-15-19(34)20(35)23(38)27(41-15)42-24-16(8-29)40-26(22(37)21(24)36)18-12(32)5-11(31)17-13(33)6-14(39-25(17)18)9-1-3-10(30)4-2-9/h1-6,15-16,19-24,26-32,34-38H,7-8H2/t15-,16-,19-,20+,21-,22-,23-,24-,26-,27+/m1/s1. The molecule has 15 nitrogen and oxygen atoms in total. The number of rotatable bonds is 6.